The summed E-state index contributed by atoms with van der Waals surface area (Å²) in [5, 5.41) is 14.2. The van der Waals surface area contributed by atoms with E-state index in [1.165, 1.54) is 0 Å². The van der Waals surface area contributed by atoms with Gasteiger partial charge in [0.25, 0.3) is 0 Å². The Hall–Kier alpha value is -3.62. The molecule has 2 atom stereocenters. The van der Waals surface area contributed by atoms with Crippen molar-refractivity contribution in [2.24, 2.45) is 7.05 Å². The molecule has 2 N–H and O–H groups in total. The molecule has 2 aromatic rings. The predicted molar refractivity (Wildman–Crippen MR) is 116 cm³/mol. The molecule has 4 rings (SSSR count). The van der Waals surface area contributed by atoms with Crippen LogP contribution in [-0.2, 0) is 28.0 Å². The molecule has 0 bridgehead atoms. The molecule has 3 heterocycles. The lowest BCUT2D eigenvalue weighted by Gasteiger charge is -2.39. The first-order valence-corrected chi connectivity index (χ1v) is 10.8. The van der Waals surface area contributed by atoms with Crippen LogP contribution in [0.1, 0.15) is 25.1 Å². The molecule has 2 aliphatic heterocycles. The lowest BCUT2D eigenvalue weighted by Crippen LogP contribution is -2.52. The molecule has 15 heteroatoms. The second-order valence-electron chi connectivity index (χ2n) is 8.09. The van der Waals surface area contributed by atoms with Gasteiger partial charge in [-0.2, -0.15) is 26.3 Å². The van der Waals surface area contributed by atoms with Crippen molar-refractivity contribution in [2.45, 2.75) is 50.2 Å². The van der Waals surface area contributed by atoms with Crippen LogP contribution in [0.5, 0.6) is 0 Å². The summed E-state index contributed by atoms with van der Waals surface area (Å²) >= 11 is 0. The third kappa shape index (κ3) is 8.20. The minimum Gasteiger partial charge on any atom is -0.475 e. The predicted octanol–water partition coefficient (Wildman–Crippen LogP) is 3.46. The summed E-state index contributed by atoms with van der Waals surface area (Å²) in [5.74, 6) is -4.16. The van der Waals surface area contributed by atoms with Crippen LogP contribution in [0.25, 0.3) is 0 Å². The minimum atomic E-state index is -5.08. The molecular formula is C22H24F6N4O5. The molecule has 1 aromatic heterocycles. The van der Waals surface area contributed by atoms with Crippen molar-refractivity contribution >= 4 is 23.5 Å². The molecule has 0 aliphatic carbocycles. The van der Waals surface area contributed by atoms with Crippen molar-refractivity contribution in [3.05, 3.63) is 48.5 Å². The number of carboxylic acid groups (broad SMARTS) is 2. The summed E-state index contributed by atoms with van der Waals surface area (Å²) in [7, 11) is 2.04. The zero-order valence-electron chi connectivity index (χ0n) is 19.4. The lowest BCUT2D eigenvalue weighted by atomic mass is 9.95. The van der Waals surface area contributed by atoms with Crippen molar-refractivity contribution in [1.29, 1.82) is 0 Å². The van der Waals surface area contributed by atoms with Gasteiger partial charge >= 0.3 is 24.3 Å². The van der Waals surface area contributed by atoms with Gasteiger partial charge in [0.1, 0.15) is 5.82 Å². The van der Waals surface area contributed by atoms with Gasteiger partial charge in [0.15, 0.2) is 0 Å². The Kier molecular flexibility index (Phi) is 9.67. The van der Waals surface area contributed by atoms with Gasteiger partial charge in [-0.15, -0.1) is 0 Å². The summed E-state index contributed by atoms with van der Waals surface area (Å²) < 4.78 is 65.6. The van der Waals surface area contributed by atoms with E-state index >= 15 is 0 Å². The third-order valence-corrected chi connectivity index (χ3v) is 5.66. The maximum absolute atomic E-state index is 12.5. The largest absolute Gasteiger partial charge is 0.490 e. The van der Waals surface area contributed by atoms with Gasteiger partial charge in [-0.1, -0.05) is 18.2 Å². The summed E-state index contributed by atoms with van der Waals surface area (Å²) in [5.41, 5.74) is 1.03. The van der Waals surface area contributed by atoms with Gasteiger partial charge in [-0.3, -0.25) is 9.69 Å². The first-order valence-electron chi connectivity index (χ1n) is 10.8. The highest BCUT2D eigenvalue weighted by Gasteiger charge is 2.44. The number of para-hydroxylation sites is 1. The zero-order valence-corrected chi connectivity index (χ0v) is 19.4. The highest BCUT2D eigenvalue weighted by Crippen LogP contribution is 2.35. The molecule has 2 saturated heterocycles. The standard InChI is InChI=1S/C18H22N4O.2C2HF3O2/c1-20-12-10-19-17(20)13-21-11-9-16-15(21)7-8-18(23)22(16)14-5-3-2-4-6-14;2*3-2(4,5)1(6)7/h2-6,10,12,15-16H,7-9,11,13H2,1H3;2*(H,6,7)/t15-,16-;;/m0../s1. The van der Waals surface area contributed by atoms with Crippen LogP contribution in [0.2, 0.25) is 0 Å². The van der Waals surface area contributed by atoms with E-state index in [0.717, 1.165) is 37.4 Å². The number of hydrogen-bond donors (Lipinski definition) is 2. The van der Waals surface area contributed by atoms with Crippen LogP contribution in [0.3, 0.4) is 0 Å². The quantitative estimate of drug-likeness (QED) is 0.575. The number of nitrogens with zero attached hydrogens (tertiary/aromatic N) is 4. The molecule has 2 aliphatic rings. The topological polar surface area (TPSA) is 116 Å². The van der Waals surface area contributed by atoms with Crippen molar-refractivity contribution in [3.63, 3.8) is 0 Å². The number of rotatable bonds is 3. The Balaban J connectivity index is 0.000000286. The Labute approximate surface area is 206 Å². The van der Waals surface area contributed by atoms with E-state index in [0.29, 0.717) is 18.5 Å². The number of benzene rings is 1. The zero-order chi connectivity index (χ0) is 28.0. The number of aliphatic carboxylic acids is 2. The molecule has 9 nitrogen and oxygen atoms in total. The summed E-state index contributed by atoms with van der Waals surface area (Å²) in [4.78, 5) is 39.3. The molecule has 37 heavy (non-hydrogen) atoms. The molecule has 1 amide bonds. The molecule has 0 spiro atoms. The van der Waals surface area contributed by atoms with E-state index in [2.05, 4.69) is 14.5 Å². The summed E-state index contributed by atoms with van der Waals surface area (Å²) in [6, 6.07) is 10.8. The van der Waals surface area contributed by atoms with Crippen LogP contribution in [0.15, 0.2) is 42.7 Å². The van der Waals surface area contributed by atoms with E-state index in [1.807, 2.05) is 54.7 Å². The van der Waals surface area contributed by atoms with E-state index < -0.39 is 24.3 Å². The number of carboxylic acids is 2. The fraction of sp³-hybridized carbons (Fsp3) is 0.455. The van der Waals surface area contributed by atoms with Crippen molar-refractivity contribution in [1.82, 2.24) is 14.5 Å². The first-order chi connectivity index (χ1) is 17.1. The maximum Gasteiger partial charge on any atom is 0.490 e. The van der Waals surface area contributed by atoms with Crippen LogP contribution >= 0.6 is 0 Å². The van der Waals surface area contributed by atoms with E-state index in [1.54, 1.807) is 0 Å². The van der Waals surface area contributed by atoms with E-state index in [4.69, 9.17) is 19.8 Å². The normalized spacial score (nSPS) is 19.8. The molecular weight excluding hydrogens is 514 g/mol. The number of amides is 1. The third-order valence-electron chi connectivity index (χ3n) is 5.66. The molecule has 2 fully saturated rings. The van der Waals surface area contributed by atoms with Crippen molar-refractivity contribution in [2.75, 3.05) is 11.4 Å². The van der Waals surface area contributed by atoms with Gasteiger partial charge in [0.05, 0.1) is 12.6 Å². The van der Waals surface area contributed by atoms with Crippen molar-refractivity contribution in [3.8, 4) is 0 Å². The summed E-state index contributed by atoms with van der Waals surface area (Å²) in [6.07, 6.45) is -3.70. The smallest absolute Gasteiger partial charge is 0.475 e. The molecule has 0 radical (unpaired) electrons. The van der Waals surface area contributed by atoms with Crippen molar-refractivity contribution < 1.29 is 50.9 Å². The van der Waals surface area contributed by atoms with Crippen LogP contribution in [0.4, 0.5) is 32.0 Å². The second kappa shape index (κ2) is 12.1. The number of aromatic nitrogens is 2. The van der Waals surface area contributed by atoms with E-state index in [9.17, 15) is 31.1 Å². The van der Waals surface area contributed by atoms with Crippen LogP contribution < -0.4 is 4.90 Å². The average molecular weight is 538 g/mol. The number of alkyl halides is 6. The molecule has 0 unspecified atom stereocenters. The van der Waals surface area contributed by atoms with Crippen LogP contribution in [0, 0.1) is 0 Å². The Morgan fingerprint density at radius 3 is 1.97 bits per heavy atom. The second-order valence-corrected chi connectivity index (χ2v) is 8.09. The Morgan fingerprint density at radius 2 is 1.51 bits per heavy atom. The molecule has 1 aromatic carbocycles. The molecule has 0 saturated carbocycles. The van der Waals surface area contributed by atoms with Crippen LogP contribution in [-0.4, -0.2) is 73.5 Å². The first kappa shape index (κ1) is 29.6. The van der Waals surface area contributed by atoms with Gasteiger partial charge in [-0.25, -0.2) is 14.6 Å². The number of imidazole rings is 1. The van der Waals surface area contributed by atoms with Gasteiger partial charge in [0.2, 0.25) is 5.91 Å². The van der Waals surface area contributed by atoms with E-state index in [-0.39, 0.29) is 5.91 Å². The molecule has 204 valence electrons. The average Bonchev–Trinajstić information content (AvgIpc) is 3.40. The summed E-state index contributed by atoms with van der Waals surface area (Å²) in [6.45, 7) is 1.89. The Morgan fingerprint density at radius 1 is 0.973 bits per heavy atom. The SMILES string of the molecule is Cn1ccnc1CN1CC[C@H]2[C@@H]1CCC(=O)N2c1ccccc1.O=C(O)C(F)(F)F.O=C(O)C(F)(F)F. The highest BCUT2D eigenvalue weighted by molar-refractivity contribution is 5.95. The van der Waals surface area contributed by atoms with Gasteiger partial charge in [0, 0.05) is 44.1 Å². The number of hydrogen-bond acceptors (Lipinski definition) is 5. The lowest BCUT2D eigenvalue weighted by molar-refractivity contribution is -0.193. The minimum absolute atomic E-state index is 0.260. The Bertz CT molecular complexity index is 1050. The number of carbonyl (C=O) groups excluding carboxylic acids is 1. The fourth-order valence-electron chi connectivity index (χ4n) is 4.00. The number of likely N-dealkylation sites (tertiary alicyclic amines) is 1. The number of anilines is 1. The number of aryl methyl sites for hydroxylation is 1. The maximum atomic E-state index is 12.5. The fourth-order valence-corrected chi connectivity index (χ4v) is 4.00. The number of piperidine rings is 1. The highest BCUT2D eigenvalue weighted by atomic mass is 19.4. The monoisotopic (exact) mass is 538 g/mol. The van der Waals surface area contributed by atoms with Gasteiger partial charge < -0.3 is 19.7 Å². The van der Waals surface area contributed by atoms with Gasteiger partial charge in [-0.05, 0) is 25.0 Å². The number of halogens is 6. The number of carbonyl (C=O) groups is 3. The number of fused-ring (bicyclic) bond motifs is 1.